The smallest absolute Gasteiger partial charge is 0.119 e. The molecule has 0 aliphatic carbocycles. The predicted octanol–water partition coefficient (Wildman–Crippen LogP) is 5.03. The summed E-state index contributed by atoms with van der Waals surface area (Å²) in [5, 5.41) is 11.2. The van der Waals surface area contributed by atoms with Crippen molar-refractivity contribution < 1.29 is 9.84 Å². The van der Waals surface area contributed by atoms with Crippen LogP contribution in [0.5, 0.6) is 5.75 Å². The quantitative estimate of drug-likeness (QED) is 0.605. The SMILES string of the molecule is COc1ccc2nccc(CCC[C@@H]3CCN(CCSC(C)(C)C)C[C@@H]3CO)c2c1. The van der Waals surface area contributed by atoms with Gasteiger partial charge in [0.1, 0.15) is 5.75 Å². The van der Waals surface area contributed by atoms with Crippen LogP contribution in [0.2, 0.25) is 0 Å². The van der Waals surface area contributed by atoms with Gasteiger partial charge in [-0.2, -0.15) is 11.8 Å². The second kappa shape index (κ2) is 10.8. The van der Waals surface area contributed by atoms with Crippen LogP contribution in [-0.2, 0) is 6.42 Å². The zero-order valence-corrected chi connectivity index (χ0v) is 19.9. The number of likely N-dealkylation sites (tertiary alicyclic amines) is 1. The van der Waals surface area contributed by atoms with Crippen molar-refractivity contribution in [3.8, 4) is 5.75 Å². The maximum atomic E-state index is 10.00. The number of fused-ring (bicyclic) bond motifs is 1. The van der Waals surface area contributed by atoms with Crippen LogP contribution in [0.15, 0.2) is 30.5 Å². The maximum absolute atomic E-state index is 10.00. The van der Waals surface area contributed by atoms with Crippen molar-refractivity contribution in [1.82, 2.24) is 9.88 Å². The van der Waals surface area contributed by atoms with Gasteiger partial charge in [0.2, 0.25) is 0 Å². The van der Waals surface area contributed by atoms with Crippen molar-refractivity contribution in [3.63, 3.8) is 0 Å². The number of benzene rings is 1. The lowest BCUT2D eigenvalue weighted by atomic mass is 9.82. The molecule has 1 aromatic heterocycles. The number of pyridine rings is 1. The molecule has 166 valence electrons. The van der Waals surface area contributed by atoms with Crippen LogP contribution >= 0.6 is 11.8 Å². The third kappa shape index (κ3) is 6.60. The van der Waals surface area contributed by atoms with E-state index in [9.17, 15) is 5.11 Å². The molecule has 2 atom stereocenters. The summed E-state index contributed by atoms with van der Waals surface area (Å²) in [7, 11) is 1.71. The van der Waals surface area contributed by atoms with E-state index in [4.69, 9.17) is 4.74 Å². The van der Waals surface area contributed by atoms with E-state index < -0.39 is 0 Å². The molecule has 1 N–H and O–H groups in total. The number of aliphatic hydroxyl groups is 1. The summed E-state index contributed by atoms with van der Waals surface area (Å²) in [6.07, 6.45) is 6.50. The summed E-state index contributed by atoms with van der Waals surface area (Å²) >= 11 is 2.03. The molecule has 1 aliphatic heterocycles. The van der Waals surface area contributed by atoms with E-state index in [0.717, 1.165) is 37.2 Å². The molecule has 1 saturated heterocycles. The van der Waals surface area contributed by atoms with Crippen molar-refractivity contribution >= 4 is 22.7 Å². The molecular weight excluding hydrogens is 392 g/mol. The normalized spacial score (nSPS) is 20.6. The standard InChI is InChI=1S/C25H38N2O2S/c1-25(2,3)30-15-14-27-13-11-19(21(17-27)18-28)6-5-7-20-10-12-26-24-9-8-22(29-4)16-23(20)24/h8-10,12,16,19,21,28H,5-7,11,13-15,17-18H2,1-4H3/t19-,21-/m1/s1. The molecule has 0 bridgehead atoms. The first-order chi connectivity index (χ1) is 14.4. The van der Waals surface area contributed by atoms with Gasteiger partial charge in [-0.3, -0.25) is 4.98 Å². The van der Waals surface area contributed by atoms with Gasteiger partial charge in [-0.25, -0.2) is 0 Å². The average Bonchev–Trinajstić information content (AvgIpc) is 2.73. The highest BCUT2D eigenvalue weighted by atomic mass is 32.2. The molecule has 0 spiro atoms. The van der Waals surface area contributed by atoms with Gasteiger partial charge in [0.15, 0.2) is 0 Å². The number of aromatic nitrogens is 1. The molecule has 1 aromatic carbocycles. The summed E-state index contributed by atoms with van der Waals surface area (Å²) in [6, 6.07) is 8.24. The number of aliphatic hydroxyl groups excluding tert-OH is 1. The Morgan fingerprint density at radius 1 is 1.23 bits per heavy atom. The minimum absolute atomic E-state index is 0.308. The van der Waals surface area contributed by atoms with Crippen molar-refractivity contribution in [2.75, 3.05) is 39.1 Å². The lowest BCUT2D eigenvalue weighted by molar-refractivity contribution is 0.0710. The topological polar surface area (TPSA) is 45.6 Å². The van der Waals surface area contributed by atoms with Crippen molar-refractivity contribution in [2.45, 2.75) is 51.2 Å². The highest BCUT2D eigenvalue weighted by Gasteiger charge is 2.28. The Morgan fingerprint density at radius 2 is 2.07 bits per heavy atom. The third-order valence-electron chi connectivity index (χ3n) is 6.21. The third-order valence-corrected chi connectivity index (χ3v) is 7.47. The monoisotopic (exact) mass is 430 g/mol. The molecule has 0 radical (unpaired) electrons. The van der Waals surface area contributed by atoms with E-state index in [1.54, 1.807) is 7.11 Å². The number of hydrogen-bond donors (Lipinski definition) is 1. The van der Waals surface area contributed by atoms with Crippen LogP contribution in [0.1, 0.15) is 45.6 Å². The zero-order valence-electron chi connectivity index (χ0n) is 19.1. The molecule has 1 fully saturated rings. The Labute approximate surface area is 186 Å². The van der Waals surface area contributed by atoms with Gasteiger partial charge < -0.3 is 14.7 Å². The minimum Gasteiger partial charge on any atom is -0.497 e. The number of ether oxygens (including phenoxy) is 1. The number of rotatable bonds is 9. The van der Waals surface area contributed by atoms with Crippen molar-refractivity contribution in [1.29, 1.82) is 0 Å². The number of aryl methyl sites for hydroxylation is 1. The number of piperidine rings is 1. The van der Waals surface area contributed by atoms with Crippen LogP contribution in [0.25, 0.3) is 10.9 Å². The van der Waals surface area contributed by atoms with Crippen LogP contribution in [-0.4, -0.2) is 58.8 Å². The molecule has 0 amide bonds. The number of hydrogen-bond acceptors (Lipinski definition) is 5. The van der Waals surface area contributed by atoms with Crippen LogP contribution in [0.3, 0.4) is 0 Å². The summed E-state index contributed by atoms with van der Waals surface area (Å²) in [6.45, 7) is 10.5. The summed E-state index contributed by atoms with van der Waals surface area (Å²) in [4.78, 5) is 7.05. The fourth-order valence-corrected chi connectivity index (χ4v) is 5.47. The lowest BCUT2D eigenvalue weighted by Crippen LogP contribution is -2.43. The highest BCUT2D eigenvalue weighted by molar-refractivity contribution is 8.00. The molecule has 3 rings (SSSR count). The second-order valence-electron chi connectivity index (χ2n) is 9.50. The first kappa shape index (κ1) is 23.4. The highest BCUT2D eigenvalue weighted by Crippen LogP contribution is 2.30. The van der Waals surface area contributed by atoms with E-state index in [2.05, 4.69) is 42.8 Å². The van der Waals surface area contributed by atoms with Gasteiger partial charge in [0, 0.05) is 41.8 Å². The van der Waals surface area contributed by atoms with Gasteiger partial charge in [-0.15, -0.1) is 0 Å². The Hall–Kier alpha value is -1.30. The largest absolute Gasteiger partial charge is 0.497 e. The van der Waals surface area contributed by atoms with Gasteiger partial charge in [0.05, 0.1) is 12.6 Å². The summed E-state index contributed by atoms with van der Waals surface area (Å²) < 4.78 is 5.73. The lowest BCUT2D eigenvalue weighted by Gasteiger charge is -2.38. The number of methoxy groups -OCH3 is 1. The first-order valence-electron chi connectivity index (χ1n) is 11.3. The molecule has 2 aromatic rings. The second-order valence-corrected chi connectivity index (χ2v) is 11.4. The van der Waals surface area contributed by atoms with E-state index in [1.165, 1.54) is 36.1 Å². The van der Waals surface area contributed by atoms with Gasteiger partial charge in [0.25, 0.3) is 0 Å². The van der Waals surface area contributed by atoms with Gasteiger partial charge in [-0.05, 0) is 73.9 Å². The average molecular weight is 431 g/mol. The van der Waals surface area contributed by atoms with Crippen molar-refractivity contribution in [3.05, 3.63) is 36.0 Å². The van der Waals surface area contributed by atoms with Crippen molar-refractivity contribution in [2.24, 2.45) is 11.8 Å². The predicted molar refractivity (Wildman–Crippen MR) is 129 cm³/mol. The molecule has 4 nitrogen and oxygen atoms in total. The summed E-state index contributed by atoms with van der Waals surface area (Å²) in [5.74, 6) is 3.09. The Kier molecular flexibility index (Phi) is 8.44. The fourth-order valence-electron chi connectivity index (χ4n) is 4.51. The van der Waals surface area contributed by atoms with Crippen LogP contribution in [0, 0.1) is 11.8 Å². The van der Waals surface area contributed by atoms with Crippen LogP contribution < -0.4 is 4.74 Å². The summed E-state index contributed by atoms with van der Waals surface area (Å²) in [5.41, 5.74) is 2.37. The number of nitrogens with zero attached hydrogens (tertiary/aromatic N) is 2. The zero-order chi connectivity index (χ0) is 21.6. The van der Waals surface area contributed by atoms with Gasteiger partial charge in [-0.1, -0.05) is 20.8 Å². The Morgan fingerprint density at radius 3 is 2.80 bits per heavy atom. The van der Waals surface area contributed by atoms with E-state index in [-0.39, 0.29) is 0 Å². The molecule has 1 aliphatic rings. The molecule has 0 unspecified atom stereocenters. The van der Waals surface area contributed by atoms with E-state index >= 15 is 0 Å². The Bertz CT molecular complexity index is 805. The Balaban J connectivity index is 1.51. The molecule has 0 saturated carbocycles. The first-order valence-corrected chi connectivity index (χ1v) is 12.3. The maximum Gasteiger partial charge on any atom is 0.119 e. The minimum atomic E-state index is 0.308. The van der Waals surface area contributed by atoms with E-state index in [0.29, 0.717) is 23.2 Å². The molecule has 2 heterocycles. The van der Waals surface area contributed by atoms with Gasteiger partial charge >= 0.3 is 0 Å². The number of thioether (sulfide) groups is 1. The molecule has 5 heteroatoms. The van der Waals surface area contributed by atoms with Crippen LogP contribution in [0.4, 0.5) is 0 Å². The molecule has 30 heavy (non-hydrogen) atoms. The fraction of sp³-hybridized carbons (Fsp3) is 0.640. The molecular formula is C25H38N2O2S. The van der Waals surface area contributed by atoms with E-state index in [1.807, 2.05) is 30.1 Å².